The number of nitrogens with zero attached hydrogens (tertiary/aromatic N) is 3. The molecule has 256 valence electrons. The Kier molecular flexibility index (Phi) is 7.14. The van der Waals surface area contributed by atoms with Crippen LogP contribution in [0.25, 0.3) is 111 Å². The van der Waals surface area contributed by atoms with E-state index in [1.807, 2.05) is 60.7 Å². The van der Waals surface area contributed by atoms with E-state index in [1.165, 1.54) is 37.9 Å². The molecule has 0 atom stereocenters. The number of rotatable bonds is 5. The van der Waals surface area contributed by atoms with Crippen LogP contribution in [-0.4, -0.2) is 15.0 Å². The van der Waals surface area contributed by atoms with Crippen molar-refractivity contribution in [3.8, 4) is 56.4 Å². The molecule has 0 aliphatic heterocycles. The molecule has 0 radical (unpaired) electrons. The molecular weight excluding hydrogens is 671 g/mol. The molecule has 0 saturated heterocycles. The van der Waals surface area contributed by atoms with Crippen molar-refractivity contribution in [1.82, 2.24) is 15.0 Å². The van der Waals surface area contributed by atoms with Crippen molar-refractivity contribution in [1.29, 1.82) is 0 Å². The summed E-state index contributed by atoms with van der Waals surface area (Å²) < 4.78 is 6.49. The average molecular weight is 702 g/mol. The minimum Gasteiger partial charge on any atom is -0.456 e. The third kappa shape index (κ3) is 5.26. The maximum atomic E-state index is 6.49. The topological polar surface area (TPSA) is 51.8 Å². The summed E-state index contributed by atoms with van der Waals surface area (Å²) in [6, 6.07) is 65.8. The summed E-state index contributed by atoms with van der Waals surface area (Å²) in [5.74, 6) is 1.90. The number of hydrogen-bond donors (Lipinski definition) is 0. The van der Waals surface area contributed by atoms with Crippen LogP contribution in [0.2, 0.25) is 0 Å². The van der Waals surface area contributed by atoms with E-state index in [4.69, 9.17) is 19.4 Å². The molecule has 11 aromatic rings. The Hall–Kier alpha value is -7.43. The first-order valence-corrected chi connectivity index (χ1v) is 18.5. The normalized spacial score (nSPS) is 11.6. The molecule has 11 rings (SSSR count). The van der Waals surface area contributed by atoms with Gasteiger partial charge in [-0.3, -0.25) is 0 Å². The largest absolute Gasteiger partial charge is 0.456 e. The van der Waals surface area contributed by atoms with Crippen LogP contribution in [0, 0.1) is 0 Å². The van der Waals surface area contributed by atoms with Crippen LogP contribution >= 0.6 is 0 Å². The molecule has 4 nitrogen and oxygen atoms in total. The lowest BCUT2D eigenvalue weighted by Gasteiger charge is -2.12. The van der Waals surface area contributed by atoms with Crippen LogP contribution in [0.3, 0.4) is 0 Å². The van der Waals surface area contributed by atoms with E-state index < -0.39 is 0 Å². The molecule has 0 aliphatic rings. The van der Waals surface area contributed by atoms with Gasteiger partial charge in [0.15, 0.2) is 17.5 Å². The maximum absolute atomic E-state index is 6.49. The number of aromatic nitrogens is 3. The van der Waals surface area contributed by atoms with Crippen molar-refractivity contribution in [3.63, 3.8) is 0 Å². The van der Waals surface area contributed by atoms with Gasteiger partial charge in [0.05, 0.1) is 0 Å². The smallest absolute Gasteiger partial charge is 0.164 e. The number of furan rings is 1. The maximum Gasteiger partial charge on any atom is 0.164 e. The summed E-state index contributed by atoms with van der Waals surface area (Å²) in [4.78, 5) is 14.9. The lowest BCUT2D eigenvalue weighted by molar-refractivity contribution is 0.669. The van der Waals surface area contributed by atoms with Crippen molar-refractivity contribution in [2.45, 2.75) is 0 Å². The van der Waals surface area contributed by atoms with E-state index in [1.54, 1.807) is 0 Å². The number of hydrogen-bond acceptors (Lipinski definition) is 4. The first-order valence-electron chi connectivity index (χ1n) is 18.5. The van der Waals surface area contributed by atoms with E-state index in [2.05, 4.69) is 127 Å². The highest BCUT2D eigenvalue weighted by Gasteiger charge is 2.17. The molecule has 0 N–H and O–H groups in total. The van der Waals surface area contributed by atoms with Crippen LogP contribution in [0.4, 0.5) is 0 Å². The second kappa shape index (κ2) is 12.6. The molecule has 9 aromatic carbocycles. The van der Waals surface area contributed by atoms with Crippen molar-refractivity contribution < 1.29 is 4.42 Å². The summed E-state index contributed by atoms with van der Waals surface area (Å²) in [6.07, 6.45) is 0. The van der Waals surface area contributed by atoms with Gasteiger partial charge in [0.25, 0.3) is 0 Å². The van der Waals surface area contributed by atoms with Gasteiger partial charge in [-0.15, -0.1) is 0 Å². The fourth-order valence-electron chi connectivity index (χ4n) is 8.10. The van der Waals surface area contributed by atoms with E-state index in [0.717, 1.165) is 55.3 Å². The minimum atomic E-state index is 0.623. The van der Waals surface area contributed by atoms with E-state index in [-0.39, 0.29) is 0 Å². The predicted molar refractivity (Wildman–Crippen MR) is 227 cm³/mol. The molecule has 2 heterocycles. The first-order chi connectivity index (χ1) is 27.2. The Morgan fingerprint density at radius 1 is 0.273 bits per heavy atom. The summed E-state index contributed by atoms with van der Waals surface area (Å²) in [7, 11) is 0. The van der Waals surface area contributed by atoms with Gasteiger partial charge >= 0.3 is 0 Å². The van der Waals surface area contributed by atoms with Gasteiger partial charge in [0.1, 0.15) is 11.2 Å². The van der Waals surface area contributed by atoms with Crippen LogP contribution in [0.5, 0.6) is 0 Å². The third-order valence-electron chi connectivity index (χ3n) is 10.7. The second-order valence-corrected chi connectivity index (χ2v) is 14.0. The minimum absolute atomic E-state index is 0.623. The highest BCUT2D eigenvalue weighted by molar-refractivity contribution is 6.26. The molecular formula is C51H31N3O. The molecule has 0 unspecified atom stereocenters. The molecule has 2 aromatic heterocycles. The van der Waals surface area contributed by atoms with Crippen LogP contribution in [-0.2, 0) is 0 Å². The summed E-state index contributed by atoms with van der Waals surface area (Å²) in [5, 5.41) is 9.77. The second-order valence-electron chi connectivity index (χ2n) is 14.0. The van der Waals surface area contributed by atoms with Gasteiger partial charge in [0, 0.05) is 27.5 Å². The molecule has 0 bridgehead atoms. The number of fused-ring (bicyclic) bond motifs is 9. The zero-order valence-electron chi connectivity index (χ0n) is 29.6. The lowest BCUT2D eigenvalue weighted by atomic mass is 9.91. The molecule has 4 heteroatoms. The Balaban J connectivity index is 1.05. The average Bonchev–Trinajstić information content (AvgIpc) is 3.65. The lowest BCUT2D eigenvalue weighted by Crippen LogP contribution is -2.00. The van der Waals surface area contributed by atoms with Gasteiger partial charge in [-0.2, -0.15) is 0 Å². The van der Waals surface area contributed by atoms with Crippen LogP contribution in [0.1, 0.15) is 0 Å². The highest BCUT2D eigenvalue weighted by Crippen LogP contribution is 2.41. The van der Waals surface area contributed by atoms with Crippen LogP contribution in [0.15, 0.2) is 192 Å². The zero-order valence-corrected chi connectivity index (χ0v) is 29.6. The highest BCUT2D eigenvalue weighted by atomic mass is 16.3. The Morgan fingerprint density at radius 3 is 1.38 bits per heavy atom. The van der Waals surface area contributed by atoms with Crippen LogP contribution < -0.4 is 0 Å². The van der Waals surface area contributed by atoms with E-state index in [9.17, 15) is 0 Å². The van der Waals surface area contributed by atoms with E-state index >= 15 is 0 Å². The molecule has 0 aliphatic carbocycles. The fourth-order valence-corrected chi connectivity index (χ4v) is 8.10. The monoisotopic (exact) mass is 701 g/mol. The van der Waals surface area contributed by atoms with Crippen molar-refractivity contribution in [2.24, 2.45) is 0 Å². The molecule has 0 fully saturated rings. The zero-order chi connectivity index (χ0) is 36.3. The van der Waals surface area contributed by atoms with Crippen molar-refractivity contribution in [3.05, 3.63) is 188 Å². The summed E-state index contributed by atoms with van der Waals surface area (Å²) in [6.45, 7) is 0. The summed E-state index contributed by atoms with van der Waals surface area (Å²) in [5.41, 5.74) is 8.97. The number of benzene rings is 9. The Labute approximate surface area is 317 Å². The van der Waals surface area contributed by atoms with Gasteiger partial charge < -0.3 is 4.42 Å². The van der Waals surface area contributed by atoms with Gasteiger partial charge in [0.2, 0.25) is 0 Å². The molecule has 0 saturated carbocycles. The molecule has 0 amide bonds. The SMILES string of the molecule is c1ccc(-c2nc(-c3ccccc3)nc(-c3cccc(-c4cccc5oc6ccc(-c7ccc8c9ccccc9c9ccccc9c8c7)cc6c45)c3)n2)cc1. The Morgan fingerprint density at radius 2 is 0.745 bits per heavy atom. The first kappa shape index (κ1) is 31.1. The van der Waals surface area contributed by atoms with Gasteiger partial charge in [-0.1, -0.05) is 158 Å². The van der Waals surface area contributed by atoms with Crippen molar-refractivity contribution in [2.75, 3.05) is 0 Å². The fraction of sp³-hybridized carbons (Fsp3) is 0. The van der Waals surface area contributed by atoms with Gasteiger partial charge in [-0.05, 0) is 84.9 Å². The third-order valence-corrected chi connectivity index (χ3v) is 10.7. The molecule has 55 heavy (non-hydrogen) atoms. The predicted octanol–water partition coefficient (Wildman–Crippen LogP) is 13.6. The quantitative estimate of drug-likeness (QED) is 0.168. The summed E-state index contributed by atoms with van der Waals surface area (Å²) >= 11 is 0. The van der Waals surface area contributed by atoms with Crippen molar-refractivity contribution >= 4 is 54.3 Å². The van der Waals surface area contributed by atoms with Gasteiger partial charge in [-0.25, -0.2) is 15.0 Å². The molecule has 0 spiro atoms. The van der Waals surface area contributed by atoms with E-state index in [0.29, 0.717) is 17.5 Å². The Bertz CT molecular complexity index is 3170. The standard InChI is InChI=1S/C51H31N3O/c1-3-13-32(14-4-1)49-52-50(33-15-5-2-6-16-33)54-51(53-49)37-18-11-17-36(29-37)38-23-12-24-47-48(38)45-31-35(26-28-46(45)55-47)34-25-27-43-41-21-8-7-19-39(41)40-20-9-10-22-42(40)44(43)30-34/h1-31H.